The zero-order valence-electron chi connectivity index (χ0n) is 11.4. The Labute approximate surface area is 138 Å². The van der Waals surface area contributed by atoms with Gasteiger partial charge in [-0.25, -0.2) is 8.42 Å². The molecule has 0 saturated carbocycles. The van der Waals surface area contributed by atoms with E-state index in [1.807, 2.05) is 0 Å². The first-order valence-electron chi connectivity index (χ1n) is 6.14. The molecule has 0 saturated heterocycles. The lowest BCUT2D eigenvalue weighted by Gasteiger charge is -2.10. The molecule has 2 rings (SSSR count). The Kier molecular flexibility index (Phi) is 4.95. The zero-order valence-corrected chi connectivity index (χ0v) is 13.8. The van der Waals surface area contributed by atoms with Gasteiger partial charge in [-0.1, -0.05) is 29.3 Å². The fourth-order valence-corrected chi connectivity index (χ4v) is 3.56. The third-order valence-electron chi connectivity index (χ3n) is 2.83. The van der Waals surface area contributed by atoms with Gasteiger partial charge in [0.25, 0.3) is 15.9 Å². The number of sulfonamides is 1. The van der Waals surface area contributed by atoms with Crippen molar-refractivity contribution in [3.8, 4) is 0 Å². The summed E-state index contributed by atoms with van der Waals surface area (Å²) in [5.41, 5.74) is 0.731. The monoisotopic (exact) mass is 358 g/mol. The smallest absolute Gasteiger partial charge is 0.263 e. The first-order valence-corrected chi connectivity index (χ1v) is 8.38. The Morgan fingerprint density at radius 1 is 1.05 bits per heavy atom. The highest BCUT2D eigenvalue weighted by molar-refractivity contribution is 7.92. The van der Waals surface area contributed by atoms with Crippen molar-refractivity contribution >= 4 is 44.8 Å². The molecule has 0 fully saturated rings. The molecule has 8 heteroatoms. The van der Waals surface area contributed by atoms with Gasteiger partial charge in [0.2, 0.25) is 0 Å². The Balaban J connectivity index is 2.29. The molecule has 0 unspecified atom stereocenters. The minimum absolute atomic E-state index is 0.0429. The summed E-state index contributed by atoms with van der Waals surface area (Å²) in [4.78, 5) is 11.3. The van der Waals surface area contributed by atoms with Crippen molar-refractivity contribution in [2.24, 2.45) is 0 Å². The summed E-state index contributed by atoms with van der Waals surface area (Å²) in [6.07, 6.45) is 0. The van der Waals surface area contributed by atoms with Gasteiger partial charge in [-0.05, 0) is 36.4 Å². The van der Waals surface area contributed by atoms with Gasteiger partial charge >= 0.3 is 0 Å². The maximum atomic E-state index is 12.3. The summed E-state index contributed by atoms with van der Waals surface area (Å²) in [6, 6.07) is 10.3. The molecule has 0 aliphatic carbocycles. The molecule has 5 nitrogen and oxygen atoms in total. The molecule has 0 heterocycles. The number of rotatable bonds is 4. The van der Waals surface area contributed by atoms with E-state index in [0.717, 1.165) is 0 Å². The maximum absolute atomic E-state index is 12.3. The minimum Gasteiger partial charge on any atom is -0.355 e. The molecule has 2 aromatic carbocycles. The molecule has 0 spiro atoms. The van der Waals surface area contributed by atoms with E-state index in [0.29, 0.717) is 11.3 Å². The molecular formula is C14H12Cl2N2O3S. The van der Waals surface area contributed by atoms with Crippen molar-refractivity contribution in [2.75, 3.05) is 11.8 Å². The number of carbonyl (C=O) groups excluding carboxylic acids is 1. The van der Waals surface area contributed by atoms with Gasteiger partial charge in [0, 0.05) is 18.3 Å². The lowest BCUT2D eigenvalue weighted by molar-refractivity contribution is 0.0963. The number of nitrogens with one attached hydrogen (secondary N) is 2. The second-order valence-electron chi connectivity index (χ2n) is 4.31. The van der Waals surface area contributed by atoms with Crippen LogP contribution in [0.15, 0.2) is 47.4 Å². The van der Waals surface area contributed by atoms with E-state index < -0.39 is 10.0 Å². The van der Waals surface area contributed by atoms with Crippen molar-refractivity contribution in [1.82, 2.24) is 5.32 Å². The van der Waals surface area contributed by atoms with E-state index in [2.05, 4.69) is 10.0 Å². The van der Waals surface area contributed by atoms with Gasteiger partial charge in [0.1, 0.15) is 4.90 Å². The van der Waals surface area contributed by atoms with E-state index in [-0.39, 0.29) is 20.8 Å². The van der Waals surface area contributed by atoms with Crippen molar-refractivity contribution in [2.45, 2.75) is 4.90 Å². The molecule has 2 N–H and O–H groups in total. The molecule has 2 aromatic rings. The topological polar surface area (TPSA) is 75.3 Å². The summed E-state index contributed by atoms with van der Waals surface area (Å²) in [6.45, 7) is 0. The standard InChI is InChI=1S/C14H12Cl2N2O3S/c1-17-14(19)9-5-7-10(8-6-9)18-22(20,21)12-4-2-3-11(15)13(12)16/h2-8,18H,1H3,(H,17,19). The van der Waals surface area contributed by atoms with Gasteiger partial charge in [-0.15, -0.1) is 0 Å². The number of benzene rings is 2. The van der Waals surface area contributed by atoms with Gasteiger partial charge < -0.3 is 5.32 Å². The van der Waals surface area contributed by atoms with E-state index >= 15 is 0 Å². The third kappa shape index (κ3) is 3.52. The molecule has 0 aliphatic rings. The third-order valence-corrected chi connectivity index (χ3v) is 5.19. The van der Waals surface area contributed by atoms with Crippen LogP contribution in [-0.4, -0.2) is 21.4 Å². The van der Waals surface area contributed by atoms with Crippen molar-refractivity contribution in [3.63, 3.8) is 0 Å². The number of anilines is 1. The molecule has 0 atom stereocenters. The molecule has 22 heavy (non-hydrogen) atoms. The first kappa shape index (κ1) is 16.6. The Hall–Kier alpha value is -1.76. The van der Waals surface area contributed by atoms with Crippen LogP contribution >= 0.6 is 23.2 Å². The van der Waals surface area contributed by atoms with Gasteiger partial charge in [0.15, 0.2) is 0 Å². The van der Waals surface area contributed by atoms with E-state index in [1.165, 1.54) is 49.5 Å². The highest BCUT2D eigenvalue weighted by Gasteiger charge is 2.19. The average Bonchev–Trinajstić information content (AvgIpc) is 2.49. The van der Waals surface area contributed by atoms with Gasteiger partial charge in [-0.2, -0.15) is 0 Å². The molecular weight excluding hydrogens is 347 g/mol. The number of carbonyl (C=O) groups is 1. The lowest BCUT2D eigenvalue weighted by atomic mass is 10.2. The normalized spacial score (nSPS) is 11.0. The van der Waals surface area contributed by atoms with Crippen molar-refractivity contribution in [3.05, 3.63) is 58.1 Å². The molecule has 0 radical (unpaired) electrons. The van der Waals surface area contributed by atoms with Crippen LogP contribution in [0, 0.1) is 0 Å². The Bertz CT molecular complexity index is 805. The van der Waals surface area contributed by atoms with Gasteiger partial charge in [0.05, 0.1) is 10.0 Å². The molecule has 0 aliphatic heterocycles. The summed E-state index contributed by atoms with van der Waals surface area (Å²) >= 11 is 11.8. The van der Waals surface area contributed by atoms with Crippen LogP contribution in [0.5, 0.6) is 0 Å². The molecule has 1 amide bonds. The summed E-state index contributed by atoms with van der Waals surface area (Å²) in [7, 11) is -2.36. The van der Waals surface area contributed by atoms with Crippen molar-refractivity contribution in [1.29, 1.82) is 0 Å². The van der Waals surface area contributed by atoms with E-state index in [1.54, 1.807) is 0 Å². The second-order valence-corrected chi connectivity index (χ2v) is 6.75. The van der Waals surface area contributed by atoms with Crippen LogP contribution in [0.2, 0.25) is 10.0 Å². The number of halogens is 2. The van der Waals surface area contributed by atoms with Crippen LogP contribution in [-0.2, 0) is 10.0 Å². The fourth-order valence-electron chi connectivity index (χ4n) is 1.74. The lowest BCUT2D eigenvalue weighted by Crippen LogP contribution is -2.18. The quantitative estimate of drug-likeness (QED) is 0.881. The molecule has 0 bridgehead atoms. The average molecular weight is 359 g/mol. The first-order chi connectivity index (χ1) is 10.3. The van der Waals surface area contributed by atoms with Crippen LogP contribution in [0.4, 0.5) is 5.69 Å². The molecule has 116 valence electrons. The number of hydrogen-bond donors (Lipinski definition) is 2. The predicted octanol–water partition coefficient (Wildman–Crippen LogP) is 3.15. The van der Waals surface area contributed by atoms with E-state index in [4.69, 9.17) is 23.2 Å². The second kappa shape index (κ2) is 6.56. The maximum Gasteiger partial charge on any atom is 0.263 e. The zero-order chi connectivity index (χ0) is 16.3. The largest absolute Gasteiger partial charge is 0.355 e. The number of hydrogen-bond acceptors (Lipinski definition) is 3. The summed E-state index contributed by atoms with van der Waals surface area (Å²) < 4.78 is 27.0. The fraction of sp³-hybridized carbons (Fsp3) is 0.0714. The van der Waals surface area contributed by atoms with Gasteiger partial charge in [-0.3, -0.25) is 9.52 Å². The van der Waals surface area contributed by atoms with Crippen LogP contribution < -0.4 is 10.0 Å². The highest BCUT2D eigenvalue weighted by atomic mass is 35.5. The summed E-state index contributed by atoms with van der Waals surface area (Å²) in [5.74, 6) is -0.257. The van der Waals surface area contributed by atoms with Crippen LogP contribution in [0.1, 0.15) is 10.4 Å². The minimum atomic E-state index is -3.87. The Morgan fingerprint density at radius 2 is 1.68 bits per heavy atom. The number of amides is 1. The summed E-state index contributed by atoms with van der Waals surface area (Å²) in [5, 5.41) is 2.59. The highest BCUT2D eigenvalue weighted by Crippen LogP contribution is 2.30. The Morgan fingerprint density at radius 3 is 2.27 bits per heavy atom. The SMILES string of the molecule is CNC(=O)c1ccc(NS(=O)(=O)c2cccc(Cl)c2Cl)cc1. The predicted molar refractivity (Wildman–Crippen MR) is 87.1 cm³/mol. The van der Waals surface area contributed by atoms with Crippen LogP contribution in [0.25, 0.3) is 0 Å². The van der Waals surface area contributed by atoms with Crippen LogP contribution in [0.3, 0.4) is 0 Å². The van der Waals surface area contributed by atoms with Crippen molar-refractivity contribution < 1.29 is 13.2 Å². The molecule has 0 aromatic heterocycles. The van der Waals surface area contributed by atoms with E-state index in [9.17, 15) is 13.2 Å².